The van der Waals surface area contributed by atoms with E-state index in [-0.39, 0.29) is 11.7 Å². The first kappa shape index (κ1) is 10.9. The van der Waals surface area contributed by atoms with Crippen LogP contribution in [0.2, 0.25) is 0 Å². The Hall–Kier alpha value is -1.64. The first-order valence-electron chi connectivity index (χ1n) is 5.51. The molecule has 0 N–H and O–H groups in total. The van der Waals surface area contributed by atoms with Crippen LogP contribution in [0.4, 0.5) is 5.69 Å². The van der Waals surface area contributed by atoms with Gasteiger partial charge in [-0.05, 0) is 31.9 Å². The Kier molecular flexibility index (Phi) is 2.77. The average molecular weight is 217 g/mol. The van der Waals surface area contributed by atoms with Crippen LogP contribution < -0.4 is 4.90 Å². The van der Waals surface area contributed by atoms with E-state index in [1.807, 2.05) is 25.1 Å². The van der Waals surface area contributed by atoms with E-state index in [1.54, 1.807) is 11.8 Å². The molecular weight excluding hydrogens is 202 g/mol. The molecule has 0 aliphatic carbocycles. The average Bonchev–Trinajstić information content (AvgIpc) is 2.65. The van der Waals surface area contributed by atoms with Gasteiger partial charge in [-0.2, -0.15) is 0 Å². The van der Waals surface area contributed by atoms with Gasteiger partial charge in [0.15, 0.2) is 5.78 Å². The molecule has 1 fully saturated rings. The van der Waals surface area contributed by atoms with Crippen molar-refractivity contribution >= 4 is 17.4 Å². The molecule has 84 valence electrons. The quantitative estimate of drug-likeness (QED) is 0.713. The van der Waals surface area contributed by atoms with E-state index in [0.29, 0.717) is 12.0 Å². The lowest BCUT2D eigenvalue weighted by Crippen LogP contribution is -2.24. The van der Waals surface area contributed by atoms with Crippen LogP contribution in [0.25, 0.3) is 0 Å². The number of aryl methyl sites for hydroxylation is 1. The number of benzene rings is 1. The van der Waals surface area contributed by atoms with Gasteiger partial charge in [0.2, 0.25) is 5.91 Å². The predicted octanol–water partition coefficient (Wildman–Crippen LogP) is 2.32. The maximum atomic E-state index is 11.6. The Morgan fingerprint density at radius 3 is 2.69 bits per heavy atom. The summed E-state index contributed by atoms with van der Waals surface area (Å²) in [6.07, 6.45) is 1.52. The maximum Gasteiger partial charge on any atom is 0.227 e. The van der Waals surface area contributed by atoms with Crippen molar-refractivity contribution in [2.45, 2.75) is 26.7 Å². The lowest BCUT2D eigenvalue weighted by atomic mass is 10.1. The van der Waals surface area contributed by atoms with Gasteiger partial charge in [-0.1, -0.05) is 12.1 Å². The van der Waals surface area contributed by atoms with E-state index in [9.17, 15) is 9.59 Å². The molecule has 0 radical (unpaired) electrons. The molecule has 16 heavy (non-hydrogen) atoms. The Labute approximate surface area is 95.1 Å². The Balaban J connectivity index is 2.42. The third-order valence-corrected chi connectivity index (χ3v) is 2.98. The van der Waals surface area contributed by atoms with Crippen LogP contribution in [0.5, 0.6) is 0 Å². The summed E-state index contributed by atoms with van der Waals surface area (Å²) in [6, 6.07) is 5.53. The van der Waals surface area contributed by atoms with E-state index in [2.05, 4.69) is 0 Å². The number of anilines is 1. The van der Waals surface area contributed by atoms with Crippen molar-refractivity contribution < 1.29 is 9.59 Å². The molecule has 3 heteroatoms. The first-order valence-corrected chi connectivity index (χ1v) is 5.51. The van der Waals surface area contributed by atoms with Crippen molar-refractivity contribution in [1.29, 1.82) is 0 Å². The zero-order valence-corrected chi connectivity index (χ0v) is 9.62. The fourth-order valence-electron chi connectivity index (χ4n) is 2.02. The minimum atomic E-state index is 0.0351. The second-order valence-corrected chi connectivity index (χ2v) is 4.21. The third-order valence-electron chi connectivity index (χ3n) is 2.98. The zero-order valence-electron chi connectivity index (χ0n) is 9.62. The molecule has 1 aliphatic rings. The van der Waals surface area contributed by atoms with Crippen LogP contribution in [0.15, 0.2) is 18.2 Å². The first-order chi connectivity index (χ1) is 7.59. The largest absolute Gasteiger partial charge is 0.312 e. The van der Waals surface area contributed by atoms with Crippen LogP contribution >= 0.6 is 0 Å². The second kappa shape index (κ2) is 4.08. The molecule has 0 saturated carbocycles. The molecule has 1 saturated heterocycles. The van der Waals surface area contributed by atoms with Crippen LogP contribution in [-0.4, -0.2) is 18.2 Å². The van der Waals surface area contributed by atoms with Gasteiger partial charge in [0.25, 0.3) is 0 Å². The summed E-state index contributed by atoms with van der Waals surface area (Å²) in [5.74, 6) is 0.191. The number of rotatable bonds is 2. The maximum absolute atomic E-state index is 11.6. The molecule has 0 aromatic heterocycles. The number of carbonyl (C=O) groups excluding carboxylic acids is 2. The van der Waals surface area contributed by atoms with Crippen molar-refractivity contribution in [2.24, 2.45) is 0 Å². The summed E-state index contributed by atoms with van der Waals surface area (Å²) in [4.78, 5) is 24.7. The van der Waals surface area contributed by atoms with Gasteiger partial charge in [0, 0.05) is 24.2 Å². The summed E-state index contributed by atoms with van der Waals surface area (Å²) in [5, 5.41) is 0. The van der Waals surface area contributed by atoms with Gasteiger partial charge in [-0.3, -0.25) is 9.59 Å². The summed E-state index contributed by atoms with van der Waals surface area (Å²) < 4.78 is 0. The molecule has 3 nitrogen and oxygen atoms in total. The van der Waals surface area contributed by atoms with E-state index in [0.717, 1.165) is 24.2 Å². The third kappa shape index (κ3) is 1.85. The van der Waals surface area contributed by atoms with Gasteiger partial charge >= 0.3 is 0 Å². The second-order valence-electron chi connectivity index (χ2n) is 4.21. The van der Waals surface area contributed by atoms with Gasteiger partial charge in [-0.15, -0.1) is 0 Å². The van der Waals surface area contributed by atoms with Gasteiger partial charge in [0.1, 0.15) is 0 Å². The number of amides is 1. The van der Waals surface area contributed by atoms with Crippen LogP contribution in [-0.2, 0) is 4.79 Å². The highest BCUT2D eigenvalue weighted by atomic mass is 16.2. The van der Waals surface area contributed by atoms with E-state index >= 15 is 0 Å². The molecule has 1 amide bonds. The summed E-state index contributed by atoms with van der Waals surface area (Å²) in [6.45, 7) is 4.27. The van der Waals surface area contributed by atoms with Gasteiger partial charge in [-0.25, -0.2) is 0 Å². The van der Waals surface area contributed by atoms with Crippen molar-refractivity contribution in [1.82, 2.24) is 0 Å². The minimum absolute atomic E-state index is 0.0351. The van der Waals surface area contributed by atoms with Crippen LogP contribution in [0, 0.1) is 6.92 Å². The van der Waals surface area contributed by atoms with Gasteiger partial charge in [0.05, 0.1) is 0 Å². The Morgan fingerprint density at radius 2 is 2.12 bits per heavy atom. The van der Waals surface area contributed by atoms with Crippen LogP contribution in [0.1, 0.15) is 35.7 Å². The minimum Gasteiger partial charge on any atom is -0.312 e. The van der Waals surface area contributed by atoms with E-state index in [1.165, 1.54) is 0 Å². The van der Waals surface area contributed by atoms with Crippen molar-refractivity contribution in [2.75, 3.05) is 11.4 Å². The summed E-state index contributed by atoms with van der Waals surface area (Å²) in [7, 11) is 0. The number of carbonyl (C=O) groups is 2. The summed E-state index contributed by atoms with van der Waals surface area (Å²) >= 11 is 0. The standard InChI is InChI=1S/C13H15NO2/c1-9-5-6-11(10(2)15)8-12(9)14-7-3-4-13(14)16/h5-6,8H,3-4,7H2,1-2H3. The van der Waals surface area contributed by atoms with Gasteiger partial charge < -0.3 is 4.90 Å². The number of hydrogen-bond donors (Lipinski definition) is 0. The highest BCUT2D eigenvalue weighted by molar-refractivity contribution is 5.99. The molecular formula is C13H15NO2. The lowest BCUT2D eigenvalue weighted by molar-refractivity contribution is -0.117. The topological polar surface area (TPSA) is 37.4 Å². The molecule has 0 spiro atoms. The number of Topliss-reactive ketones (excluding diaryl/α,β-unsaturated/α-hetero) is 1. The molecule has 0 atom stereocenters. The predicted molar refractivity (Wildman–Crippen MR) is 62.8 cm³/mol. The van der Waals surface area contributed by atoms with E-state index < -0.39 is 0 Å². The van der Waals surface area contributed by atoms with Crippen molar-refractivity contribution in [3.63, 3.8) is 0 Å². The molecule has 0 unspecified atom stereocenters. The molecule has 1 aromatic carbocycles. The monoisotopic (exact) mass is 217 g/mol. The highest BCUT2D eigenvalue weighted by Crippen LogP contribution is 2.26. The number of ketones is 1. The molecule has 1 aliphatic heterocycles. The fraction of sp³-hybridized carbons (Fsp3) is 0.385. The number of nitrogens with zero attached hydrogens (tertiary/aromatic N) is 1. The Morgan fingerprint density at radius 1 is 1.38 bits per heavy atom. The normalized spacial score (nSPS) is 15.6. The SMILES string of the molecule is CC(=O)c1ccc(C)c(N2CCCC2=O)c1. The summed E-state index contributed by atoms with van der Waals surface area (Å²) in [5.41, 5.74) is 2.59. The molecule has 1 heterocycles. The molecule has 1 aromatic rings. The van der Waals surface area contributed by atoms with Crippen molar-refractivity contribution in [3.05, 3.63) is 29.3 Å². The molecule has 2 rings (SSSR count). The van der Waals surface area contributed by atoms with Crippen LogP contribution in [0.3, 0.4) is 0 Å². The number of hydrogen-bond acceptors (Lipinski definition) is 2. The lowest BCUT2D eigenvalue weighted by Gasteiger charge is -2.18. The molecule has 0 bridgehead atoms. The van der Waals surface area contributed by atoms with E-state index in [4.69, 9.17) is 0 Å². The van der Waals surface area contributed by atoms with Crippen molar-refractivity contribution in [3.8, 4) is 0 Å². The zero-order chi connectivity index (χ0) is 11.7. The Bertz CT molecular complexity index is 451. The fourth-order valence-corrected chi connectivity index (χ4v) is 2.02. The highest BCUT2D eigenvalue weighted by Gasteiger charge is 2.23. The smallest absolute Gasteiger partial charge is 0.227 e.